The average molecular weight is 310 g/mol. The molecule has 5 nitrogen and oxygen atoms in total. The zero-order valence-corrected chi connectivity index (χ0v) is 13.5. The van der Waals surface area contributed by atoms with E-state index >= 15 is 0 Å². The van der Waals surface area contributed by atoms with E-state index in [1.165, 1.54) is 19.1 Å². The molecule has 1 aliphatic rings. The molecule has 0 amide bonds. The van der Waals surface area contributed by atoms with Crippen LogP contribution in [0.5, 0.6) is 0 Å². The summed E-state index contributed by atoms with van der Waals surface area (Å²) in [7, 11) is -3.66. The normalized spacial score (nSPS) is 24.0. The summed E-state index contributed by atoms with van der Waals surface area (Å²) in [6.07, 6.45) is 3.06. The number of hydrazine groups is 1. The second-order valence-corrected chi connectivity index (χ2v) is 7.38. The van der Waals surface area contributed by atoms with E-state index in [1.54, 1.807) is 17.1 Å². The maximum absolute atomic E-state index is 12.5. The fourth-order valence-corrected chi connectivity index (χ4v) is 3.96. The Hall–Kier alpha value is -1.24. The summed E-state index contributed by atoms with van der Waals surface area (Å²) in [6.45, 7) is 5.46. The Kier molecular flexibility index (Phi) is 4.81. The number of Topliss-reactive ketones (excluding diaryl/α,β-unsaturated/α-hetero) is 1. The summed E-state index contributed by atoms with van der Waals surface area (Å²) < 4.78 is 25.0. The minimum absolute atomic E-state index is 0.125. The highest BCUT2D eigenvalue weighted by atomic mass is 32.2. The van der Waals surface area contributed by atoms with Gasteiger partial charge in [-0.2, -0.15) is 0 Å². The van der Waals surface area contributed by atoms with E-state index < -0.39 is 10.0 Å². The van der Waals surface area contributed by atoms with Gasteiger partial charge >= 0.3 is 0 Å². The lowest BCUT2D eigenvalue weighted by Gasteiger charge is -2.38. The zero-order valence-electron chi connectivity index (χ0n) is 12.7. The molecule has 1 N–H and O–H groups in total. The van der Waals surface area contributed by atoms with Crippen LogP contribution in [0.2, 0.25) is 0 Å². The number of nitrogens with one attached hydrogen (secondary N) is 1. The Bertz CT molecular complexity index is 618. The number of benzene rings is 1. The number of piperidine rings is 1. The largest absolute Gasteiger partial charge is 0.295 e. The van der Waals surface area contributed by atoms with Crippen LogP contribution >= 0.6 is 0 Å². The van der Waals surface area contributed by atoms with Crippen LogP contribution in [0.25, 0.3) is 0 Å². The van der Waals surface area contributed by atoms with E-state index in [1.807, 2.05) is 13.8 Å². The Balaban J connectivity index is 2.25. The van der Waals surface area contributed by atoms with Crippen molar-refractivity contribution in [3.8, 4) is 0 Å². The van der Waals surface area contributed by atoms with E-state index in [9.17, 15) is 13.2 Å². The predicted molar refractivity (Wildman–Crippen MR) is 81.4 cm³/mol. The molecular formula is C15H22N2O3S. The van der Waals surface area contributed by atoms with Gasteiger partial charge in [-0.1, -0.05) is 18.6 Å². The van der Waals surface area contributed by atoms with Gasteiger partial charge in [0.25, 0.3) is 10.0 Å². The number of carbonyl (C=O) groups is 1. The van der Waals surface area contributed by atoms with Gasteiger partial charge in [0, 0.05) is 17.6 Å². The Morgan fingerprint density at radius 1 is 1.24 bits per heavy atom. The molecule has 2 atom stereocenters. The first-order valence-electron chi connectivity index (χ1n) is 7.23. The van der Waals surface area contributed by atoms with Gasteiger partial charge < -0.3 is 0 Å². The predicted octanol–water partition coefficient (Wildman–Crippen LogP) is 2.35. The van der Waals surface area contributed by atoms with Crippen molar-refractivity contribution in [1.82, 2.24) is 9.84 Å². The van der Waals surface area contributed by atoms with Crippen molar-refractivity contribution in [2.24, 2.45) is 0 Å². The molecule has 0 saturated carbocycles. The molecule has 116 valence electrons. The van der Waals surface area contributed by atoms with Crippen LogP contribution in [0.3, 0.4) is 0 Å². The minimum Gasteiger partial charge on any atom is -0.295 e. The lowest BCUT2D eigenvalue weighted by Crippen LogP contribution is -2.53. The van der Waals surface area contributed by atoms with Gasteiger partial charge in [0.15, 0.2) is 5.78 Å². The molecule has 0 aliphatic carbocycles. The molecule has 0 radical (unpaired) electrons. The van der Waals surface area contributed by atoms with Crippen LogP contribution in [-0.4, -0.2) is 31.3 Å². The van der Waals surface area contributed by atoms with Gasteiger partial charge in [-0.3, -0.25) is 4.79 Å². The van der Waals surface area contributed by atoms with E-state index in [-0.39, 0.29) is 22.8 Å². The van der Waals surface area contributed by atoms with Gasteiger partial charge in [0.2, 0.25) is 0 Å². The third kappa shape index (κ3) is 3.70. The first-order chi connectivity index (χ1) is 9.81. The molecule has 1 aromatic rings. The second-order valence-electron chi connectivity index (χ2n) is 5.71. The van der Waals surface area contributed by atoms with Crippen molar-refractivity contribution >= 4 is 15.8 Å². The van der Waals surface area contributed by atoms with E-state index in [0.29, 0.717) is 5.56 Å². The highest BCUT2D eigenvalue weighted by Crippen LogP contribution is 2.22. The van der Waals surface area contributed by atoms with E-state index in [2.05, 4.69) is 4.83 Å². The van der Waals surface area contributed by atoms with E-state index in [0.717, 1.165) is 19.3 Å². The fourth-order valence-electron chi connectivity index (χ4n) is 2.67. The van der Waals surface area contributed by atoms with Crippen molar-refractivity contribution in [2.75, 3.05) is 0 Å². The molecular weight excluding hydrogens is 288 g/mol. The quantitative estimate of drug-likeness (QED) is 0.867. The summed E-state index contributed by atoms with van der Waals surface area (Å²) in [6, 6.07) is 6.47. The molecule has 0 bridgehead atoms. The average Bonchev–Trinajstić information content (AvgIpc) is 2.43. The molecule has 0 spiro atoms. The molecule has 1 saturated heterocycles. The SMILES string of the molecule is CC(=O)c1cccc(S(=O)(=O)NN2C(C)CCCC2C)c1. The summed E-state index contributed by atoms with van der Waals surface area (Å²) in [5, 5.41) is 1.80. The maximum atomic E-state index is 12.5. The maximum Gasteiger partial charge on any atom is 0.253 e. The van der Waals surface area contributed by atoms with Crippen molar-refractivity contribution in [1.29, 1.82) is 0 Å². The lowest BCUT2D eigenvalue weighted by atomic mass is 10.0. The number of nitrogens with zero attached hydrogens (tertiary/aromatic N) is 1. The number of rotatable bonds is 4. The van der Waals surface area contributed by atoms with Gasteiger partial charge in [-0.25, -0.2) is 13.4 Å². The van der Waals surface area contributed by atoms with E-state index in [4.69, 9.17) is 0 Å². The highest BCUT2D eigenvalue weighted by molar-refractivity contribution is 7.89. The Morgan fingerprint density at radius 2 is 1.86 bits per heavy atom. The molecule has 2 rings (SSSR count). The van der Waals surface area contributed by atoms with Gasteiger partial charge in [-0.05, 0) is 45.7 Å². The molecule has 1 aromatic carbocycles. The number of carbonyl (C=O) groups excluding carboxylic acids is 1. The van der Waals surface area contributed by atoms with Crippen LogP contribution in [0.15, 0.2) is 29.2 Å². The topological polar surface area (TPSA) is 66.5 Å². The summed E-state index contributed by atoms with van der Waals surface area (Å²) >= 11 is 0. The zero-order chi connectivity index (χ0) is 15.6. The molecule has 2 unspecified atom stereocenters. The first-order valence-corrected chi connectivity index (χ1v) is 8.71. The van der Waals surface area contributed by atoms with Gasteiger partial charge in [-0.15, -0.1) is 4.83 Å². The lowest BCUT2D eigenvalue weighted by molar-refractivity contribution is 0.0790. The van der Waals surface area contributed by atoms with Crippen molar-refractivity contribution < 1.29 is 13.2 Å². The molecule has 21 heavy (non-hydrogen) atoms. The fraction of sp³-hybridized carbons (Fsp3) is 0.533. The summed E-state index contributed by atoms with van der Waals surface area (Å²) in [5.41, 5.74) is 0.401. The Morgan fingerprint density at radius 3 is 2.43 bits per heavy atom. The number of hydrogen-bond donors (Lipinski definition) is 1. The second kappa shape index (κ2) is 6.25. The van der Waals surface area contributed by atoms with Crippen molar-refractivity contribution in [3.63, 3.8) is 0 Å². The van der Waals surface area contributed by atoms with Crippen molar-refractivity contribution in [2.45, 2.75) is 57.0 Å². The van der Waals surface area contributed by atoms with Crippen LogP contribution in [-0.2, 0) is 10.0 Å². The third-order valence-electron chi connectivity index (χ3n) is 3.97. The van der Waals surface area contributed by atoms with Gasteiger partial charge in [0.05, 0.1) is 4.90 Å². The molecule has 1 fully saturated rings. The van der Waals surface area contributed by atoms with Gasteiger partial charge in [0.1, 0.15) is 0 Å². The number of sulfonamides is 1. The van der Waals surface area contributed by atoms with Crippen LogP contribution in [0, 0.1) is 0 Å². The smallest absolute Gasteiger partial charge is 0.253 e. The molecule has 1 heterocycles. The molecule has 1 aliphatic heterocycles. The number of hydrogen-bond acceptors (Lipinski definition) is 4. The monoisotopic (exact) mass is 310 g/mol. The van der Waals surface area contributed by atoms with Crippen LogP contribution < -0.4 is 4.83 Å². The Labute approximate surface area is 126 Å². The van der Waals surface area contributed by atoms with Crippen molar-refractivity contribution in [3.05, 3.63) is 29.8 Å². The summed E-state index contributed by atoms with van der Waals surface area (Å²) in [5.74, 6) is -0.147. The first kappa shape index (κ1) is 16.1. The molecule has 6 heteroatoms. The minimum atomic E-state index is -3.66. The number of ketones is 1. The van der Waals surface area contributed by atoms with Crippen LogP contribution in [0.1, 0.15) is 50.4 Å². The van der Waals surface area contributed by atoms with Crippen LogP contribution in [0.4, 0.5) is 0 Å². The summed E-state index contributed by atoms with van der Waals surface area (Å²) in [4.78, 5) is 14.2. The molecule has 0 aromatic heterocycles. The third-order valence-corrected chi connectivity index (χ3v) is 5.30. The highest BCUT2D eigenvalue weighted by Gasteiger charge is 2.29. The standard InChI is InChI=1S/C15H22N2O3S/c1-11-6-4-7-12(2)17(11)16-21(19,20)15-9-5-8-14(10-15)13(3)18/h5,8-12,16H,4,6-7H2,1-3H3.